The highest BCUT2D eigenvalue weighted by molar-refractivity contribution is 5.63. The molecule has 0 heterocycles. The Hall–Kier alpha value is -1.56. The average molecular weight is 268 g/mol. The Morgan fingerprint density at radius 3 is 1.50 bits per heavy atom. The Labute approximate surface area is 124 Å². The van der Waals surface area contributed by atoms with Crippen LogP contribution in [0.5, 0.6) is 0 Å². The second kappa shape index (κ2) is 9.36. The number of benzene rings is 2. The van der Waals surface area contributed by atoms with Crippen molar-refractivity contribution < 1.29 is 0 Å². The molecule has 2 aromatic rings. The summed E-state index contributed by atoms with van der Waals surface area (Å²) in [5.74, 6) is 0. The van der Waals surface area contributed by atoms with Gasteiger partial charge >= 0.3 is 0 Å². The molecule has 0 unspecified atom stereocenters. The standard InChI is InChI=1S/C18H22.C2H6/c1-3-5-6-16-9-13-18(14-10-16)17-11-7-15(4-2)8-12-17;1-2/h7-14H,3-6H2,1-2H3;1-2H3. The predicted molar refractivity (Wildman–Crippen MR) is 91.2 cm³/mol. The maximum absolute atomic E-state index is 2.26. The summed E-state index contributed by atoms with van der Waals surface area (Å²) in [6, 6.07) is 17.9. The van der Waals surface area contributed by atoms with E-state index in [0.717, 1.165) is 6.42 Å². The molecule has 20 heavy (non-hydrogen) atoms. The molecule has 0 aliphatic carbocycles. The average Bonchev–Trinajstić information content (AvgIpc) is 2.55. The molecule has 0 saturated carbocycles. The van der Waals surface area contributed by atoms with E-state index in [9.17, 15) is 0 Å². The molecule has 0 fully saturated rings. The van der Waals surface area contributed by atoms with Crippen LogP contribution in [-0.4, -0.2) is 0 Å². The summed E-state index contributed by atoms with van der Waals surface area (Å²) in [7, 11) is 0. The van der Waals surface area contributed by atoms with Gasteiger partial charge in [0.15, 0.2) is 0 Å². The van der Waals surface area contributed by atoms with Crippen LogP contribution in [0, 0.1) is 0 Å². The number of hydrogen-bond donors (Lipinski definition) is 0. The van der Waals surface area contributed by atoms with Gasteiger partial charge < -0.3 is 0 Å². The van der Waals surface area contributed by atoms with Crippen molar-refractivity contribution in [1.29, 1.82) is 0 Å². The molecule has 0 aliphatic rings. The Morgan fingerprint density at radius 2 is 1.10 bits per heavy atom. The smallest absolute Gasteiger partial charge is 0.0184 e. The Balaban J connectivity index is 0.000000956. The lowest BCUT2D eigenvalue weighted by Crippen LogP contribution is -1.85. The topological polar surface area (TPSA) is 0 Å². The first-order valence-electron chi connectivity index (χ1n) is 8.01. The molecule has 0 atom stereocenters. The van der Waals surface area contributed by atoms with Crippen molar-refractivity contribution in [1.82, 2.24) is 0 Å². The summed E-state index contributed by atoms with van der Waals surface area (Å²) in [6.07, 6.45) is 4.85. The molecule has 0 aliphatic heterocycles. The molecule has 0 saturated heterocycles. The molecule has 0 spiro atoms. The van der Waals surface area contributed by atoms with E-state index >= 15 is 0 Å². The van der Waals surface area contributed by atoms with Crippen LogP contribution in [0.3, 0.4) is 0 Å². The molecular formula is C20H28. The van der Waals surface area contributed by atoms with Crippen LogP contribution in [0.1, 0.15) is 51.7 Å². The van der Waals surface area contributed by atoms with Crippen LogP contribution in [0.4, 0.5) is 0 Å². The van der Waals surface area contributed by atoms with E-state index in [0.29, 0.717) is 0 Å². The maximum atomic E-state index is 2.26. The molecule has 0 amide bonds. The minimum Gasteiger partial charge on any atom is -0.0683 e. The van der Waals surface area contributed by atoms with E-state index in [1.807, 2.05) is 13.8 Å². The van der Waals surface area contributed by atoms with Crippen LogP contribution in [-0.2, 0) is 12.8 Å². The zero-order valence-electron chi connectivity index (χ0n) is 13.4. The third kappa shape index (κ3) is 4.85. The lowest BCUT2D eigenvalue weighted by molar-refractivity contribution is 0.795. The molecule has 0 N–H and O–H groups in total. The normalized spacial score (nSPS) is 9.80. The molecule has 0 aromatic heterocycles. The van der Waals surface area contributed by atoms with Gasteiger partial charge in [-0.25, -0.2) is 0 Å². The first-order chi connectivity index (χ1) is 9.83. The summed E-state index contributed by atoms with van der Waals surface area (Å²) >= 11 is 0. The first kappa shape index (κ1) is 16.5. The molecule has 108 valence electrons. The quantitative estimate of drug-likeness (QED) is 0.598. The van der Waals surface area contributed by atoms with Crippen molar-refractivity contribution >= 4 is 0 Å². The SMILES string of the molecule is CC.CCCCc1ccc(-c2ccc(CC)cc2)cc1. The molecule has 0 heteroatoms. The van der Waals surface area contributed by atoms with Crippen molar-refractivity contribution in [2.24, 2.45) is 0 Å². The number of unbranched alkanes of at least 4 members (excludes halogenated alkanes) is 1. The van der Waals surface area contributed by atoms with Crippen LogP contribution in [0.15, 0.2) is 48.5 Å². The lowest BCUT2D eigenvalue weighted by Gasteiger charge is -2.05. The van der Waals surface area contributed by atoms with E-state index in [-0.39, 0.29) is 0 Å². The highest BCUT2D eigenvalue weighted by atomic mass is 14.0. The molecule has 0 radical (unpaired) electrons. The van der Waals surface area contributed by atoms with Gasteiger partial charge in [-0.05, 0) is 41.5 Å². The number of hydrogen-bond acceptors (Lipinski definition) is 0. The summed E-state index contributed by atoms with van der Waals surface area (Å²) in [6.45, 7) is 8.43. The van der Waals surface area contributed by atoms with Crippen LogP contribution in [0.25, 0.3) is 11.1 Å². The van der Waals surface area contributed by atoms with Crippen molar-refractivity contribution in [2.45, 2.75) is 53.4 Å². The van der Waals surface area contributed by atoms with Gasteiger partial charge in [-0.1, -0.05) is 82.6 Å². The Bertz CT molecular complexity index is 462. The van der Waals surface area contributed by atoms with Crippen molar-refractivity contribution in [3.05, 3.63) is 59.7 Å². The fraction of sp³-hybridized carbons (Fsp3) is 0.400. The minimum absolute atomic E-state index is 1.11. The van der Waals surface area contributed by atoms with Crippen LogP contribution < -0.4 is 0 Å². The van der Waals surface area contributed by atoms with E-state index in [2.05, 4.69) is 62.4 Å². The third-order valence-corrected chi connectivity index (χ3v) is 3.47. The molecule has 0 nitrogen and oxygen atoms in total. The zero-order chi connectivity index (χ0) is 14.8. The Kier molecular flexibility index (Phi) is 7.72. The third-order valence-electron chi connectivity index (χ3n) is 3.47. The highest BCUT2D eigenvalue weighted by Gasteiger charge is 1.98. The van der Waals surface area contributed by atoms with Gasteiger partial charge in [-0.15, -0.1) is 0 Å². The van der Waals surface area contributed by atoms with Crippen molar-refractivity contribution in [2.75, 3.05) is 0 Å². The number of aryl methyl sites for hydroxylation is 2. The van der Waals surface area contributed by atoms with Crippen molar-refractivity contribution in [3.63, 3.8) is 0 Å². The van der Waals surface area contributed by atoms with Gasteiger partial charge in [0, 0.05) is 0 Å². The second-order valence-corrected chi connectivity index (χ2v) is 4.85. The van der Waals surface area contributed by atoms with Gasteiger partial charge in [0.25, 0.3) is 0 Å². The van der Waals surface area contributed by atoms with Gasteiger partial charge in [-0.3, -0.25) is 0 Å². The molecule has 2 aromatic carbocycles. The summed E-state index contributed by atoms with van der Waals surface area (Å²) < 4.78 is 0. The van der Waals surface area contributed by atoms with E-state index in [4.69, 9.17) is 0 Å². The van der Waals surface area contributed by atoms with E-state index in [1.54, 1.807) is 0 Å². The zero-order valence-corrected chi connectivity index (χ0v) is 13.4. The Morgan fingerprint density at radius 1 is 0.650 bits per heavy atom. The molecule has 0 bridgehead atoms. The fourth-order valence-corrected chi connectivity index (χ4v) is 2.18. The summed E-state index contributed by atoms with van der Waals surface area (Å²) in [5, 5.41) is 0. The van der Waals surface area contributed by atoms with Crippen molar-refractivity contribution in [3.8, 4) is 11.1 Å². The monoisotopic (exact) mass is 268 g/mol. The first-order valence-corrected chi connectivity index (χ1v) is 8.01. The van der Waals surface area contributed by atoms with Crippen LogP contribution >= 0.6 is 0 Å². The van der Waals surface area contributed by atoms with Gasteiger partial charge in [-0.2, -0.15) is 0 Å². The largest absolute Gasteiger partial charge is 0.0683 e. The molecule has 2 rings (SSSR count). The van der Waals surface area contributed by atoms with Crippen LogP contribution in [0.2, 0.25) is 0 Å². The number of rotatable bonds is 5. The second-order valence-electron chi connectivity index (χ2n) is 4.85. The summed E-state index contributed by atoms with van der Waals surface area (Å²) in [5.41, 5.74) is 5.48. The molecular weight excluding hydrogens is 240 g/mol. The lowest BCUT2D eigenvalue weighted by atomic mass is 10.0. The fourth-order valence-electron chi connectivity index (χ4n) is 2.18. The van der Waals surface area contributed by atoms with Gasteiger partial charge in [0.1, 0.15) is 0 Å². The minimum atomic E-state index is 1.11. The maximum Gasteiger partial charge on any atom is -0.0184 e. The van der Waals surface area contributed by atoms with E-state index < -0.39 is 0 Å². The highest BCUT2D eigenvalue weighted by Crippen LogP contribution is 2.21. The van der Waals surface area contributed by atoms with Gasteiger partial charge in [0.05, 0.1) is 0 Å². The predicted octanol–water partition coefficient (Wildman–Crippen LogP) is 6.28. The summed E-state index contributed by atoms with van der Waals surface area (Å²) in [4.78, 5) is 0. The van der Waals surface area contributed by atoms with E-state index in [1.165, 1.54) is 41.5 Å². The van der Waals surface area contributed by atoms with Gasteiger partial charge in [0.2, 0.25) is 0 Å².